The second-order valence-corrected chi connectivity index (χ2v) is 6.37. The van der Waals surface area contributed by atoms with Crippen molar-refractivity contribution < 1.29 is 9.53 Å². The molecule has 0 atom stereocenters. The highest BCUT2D eigenvalue weighted by atomic mass is 16.5. The summed E-state index contributed by atoms with van der Waals surface area (Å²) in [4.78, 5) is 14.3. The molecule has 1 aromatic carbocycles. The molecule has 5 nitrogen and oxygen atoms in total. The Morgan fingerprint density at radius 2 is 2.08 bits per heavy atom. The van der Waals surface area contributed by atoms with E-state index in [0.717, 1.165) is 13.0 Å². The number of nitriles is 1. The fraction of sp³-hybridized carbons (Fsp3) is 0.579. The quantitative estimate of drug-likeness (QED) is 0.745. The van der Waals surface area contributed by atoms with Gasteiger partial charge in [0.15, 0.2) is 6.61 Å². The predicted octanol–water partition coefficient (Wildman–Crippen LogP) is 2.71. The SMILES string of the molecule is CN(CCCNC(=O)COc1ccccc1C#N)C1CCCCC1. The maximum Gasteiger partial charge on any atom is 0.257 e. The molecule has 24 heavy (non-hydrogen) atoms. The molecule has 1 amide bonds. The largest absolute Gasteiger partial charge is 0.482 e. The maximum atomic E-state index is 11.8. The summed E-state index contributed by atoms with van der Waals surface area (Å²) in [6.45, 7) is 1.60. The summed E-state index contributed by atoms with van der Waals surface area (Å²) in [6, 6.07) is 9.69. The fourth-order valence-electron chi connectivity index (χ4n) is 3.14. The molecule has 0 radical (unpaired) electrons. The monoisotopic (exact) mass is 329 g/mol. The van der Waals surface area contributed by atoms with Crippen LogP contribution in [0.25, 0.3) is 0 Å². The Bertz CT molecular complexity index is 562. The number of rotatable bonds is 8. The van der Waals surface area contributed by atoms with Crippen LogP contribution >= 0.6 is 0 Å². The Balaban J connectivity index is 1.60. The highest BCUT2D eigenvalue weighted by molar-refractivity contribution is 5.77. The van der Waals surface area contributed by atoms with Crippen LogP contribution in [-0.4, -0.2) is 43.6 Å². The lowest BCUT2D eigenvalue weighted by Gasteiger charge is -2.31. The molecule has 0 unspecified atom stereocenters. The lowest BCUT2D eigenvalue weighted by atomic mass is 9.94. The van der Waals surface area contributed by atoms with Crippen molar-refractivity contribution in [3.05, 3.63) is 29.8 Å². The molecule has 0 aliphatic heterocycles. The minimum atomic E-state index is -0.150. The summed E-state index contributed by atoms with van der Waals surface area (Å²) in [5.41, 5.74) is 0.444. The molecular formula is C19H27N3O2. The third-order valence-corrected chi connectivity index (χ3v) is 4.57. The van der Waals surface area contributed by atoms with Crippen molar-refractivity contribution in [2.45, 2.75) is 44.6 Å². The summed E-state index contributed by atoms with van der Waals surface area (Å²) in [7, 11) is 2.18. The van der Waals surface area contributed by atoms with E-state index >= 15 is 0 Å². The van der Waals surface area contributed by atoms with Gasteiger partial charge in [-0.1, -0.05) is 31.4 Å². The number of ether oxygens (including phenoxy) is 1. The van der Waals surface area contributed by atoms with Crippen molar-refractivity contribution in [3.8, 4) is 11.8 Å². The minimum absolute atomic E-state index is 0.0584. The Morgan fingerprint density at radius 3 is 2.83 bits per heavy atom. The lowest BCUT2D eigenvalue weighted by molar-refractivity contribution is -0.123. The van der Waals surface area contributed by atoms with Gasteiger partial charge in [-0.3, -0.25) is 4.79 Å². The number of hydrogen-bond donors (Lipinski definition) is 1. The topological polar surface area (TPSA) is 65.4 Å². The molecule has 0 bridgehead atoms. The van der Waals surface area contributed by atoms with Crippen molar-refractivity contribution in [2.75, 3.05) is 26.7 Å². The van der Waals surface area contributed by atoms with Crippen LogP contribution in [0.4, 0.5) is 0 Å². The van der Waals surface area contributed by atoms with Crippen LogP contribution in [0.15, 0.2) is 24.3 Å². The van der Waals surface area contributed by atoms with Crippen molar-refractivity contribution in [3.63, 3.8) is 0 Å². The standard InChI is InChI=1S/C19H27N3O2/c1-22(17-9-3-2-4-10-17)13-7-12-21-19(23)15-24-18-11-6-5-8-16(18)14-20/h5-6,8,11,17H,2-4,7,9-10,12-13,15H2,1H3,(H,21,23). The van der Waals surface area contributed by atoms with Gasteiger partial charge in [-0.15, -0.1) is 0 Å². The highest BCUT2D eigenvalue weighted by Crippen LogP contribution is 2.21. The van der Waals surface area contributed by atoms with Gasteiger partial charge in [-0.05, 0) is 45.0 Å². The van der Waals surface area contributed by atoms with Crippen LogP contribution in [0.2, 0.25) is 0 Å². The summed E-state index contributed by atoms with van der Waals surface area (Å²) in [6.07, 6.45) is 7.59. The molecule has 1 fully saturated rings. The van der Waals surface area contributed by atoms with Gasteiger partial charge in [-0.2, -0.15) is 5.26 Å². The van der Waals surface area contributed by atoms with Gasteiger partial charge in [0.2, 0.25) is 0 Å². The highest BCUT2D eigenvalue weighted by Gasteiger charge is 2.17. The average Bonchev–Trinajstić information content (AvgIpc) is 2.64. The normalized spacial score (nSPS) is 15.0. The zero-order valence-corrected chi connectivity index (χ0v) is 14.5. The van der Waals surface area contributed by atoms with Crippen molar-refractivity contribution in [1.82, 2.24) is 10.2 Å². The molecule has 0 aromatic heterocycles. The van der Waals surface area contributed by atoms with E-state index in [1.54, 1.807) is 24.3 Å². The first-order valence-corrected chi connectivity index (χ1v) is 8.79. The summed E-state index contributed by atoms with van der Waals surface area (Å²) in [5.74, 6) is 0.301. The van der Waals surface area contributed by atoms with Gasteiger partial charge in [0.25, 0.3) is 5.91 Å². The lowest BCUT2D eigenvalue weighted by Crippen LogP contribution is -2.36. The van der Waals surface area contributed by atoms with E-state index in [1.807, 2.05) is 0 Å². The molecule has 1 aromatic rings. The Hall–Kier alpha value is -2.06. The smallest absolute Gasteiger partial charge is 0.257 e. The van der Waals surface area contributed by atoms with E-state index in [4.69, 9.17) is 10.00 Å². The van der Waals surface area contributed by atoms with Gasteiger partial charge in [-0.25, -0.2) is 0 Å². The second kappa shape index (κ2) is 9.94. The molecule has 0 spiro atoms. The van der Waals surface area contributed by atoms with E-state index in [1.165, 1.54) is 32.1 Å². The molecule has 0 heterocycles. The first kappa shape index (κ1) is 18.3. The first-order chi connectivity index (χ1) is 11.7. The number of carbonyl (C=O) groups excluding carboxylic acids is 1. The molecule has 1 aliphatic carbocycles. The van der Waals surface area contributed by atoms with E-state index < -0.39 is 0 Å². The molecular weight excluding hydrogens is 302 g/mol. The van der Waals surface area contributed by atoms with E-state index in [-0.39, 0.29) is 12.5 Å². The zero-order valence-electron chi connectivity index (χ0n) is 14.5. The Kier molecular flexibility index (Phi) is 7.57. The predicted molar refractivity (Wildman–Crippen MR) is 93.8 cm³/mol. The second-order valence-electron chi connectivity index (χ2n) is 6.37. The summed E-state index contributed by atoms with van der Waals surface area (Å²) < 4.78 is 5.42. The molecule has 2 rings (SSSR count). The number of carbonyl (C=O) groups is 1. The Morgan fingerprint density at radius 1 is 1.33 bits per heavy atom. The molecule has 1 aliphatic rings. The van der Waals surface area contributed by atoms with E-state index in [9.17, 15) is 4.79 Å². The van der Waals surface area contributed by atoms with Crippen LogP contribution < -0.4 is 10.1 Å². The maximum absolute atomic E-state index is 11.8. The third-order valence-electron chi connectivity index (χ3n) is 4.57. The van der Waals surface area contributed by atoms with Gasteiger partial charge in [0.1, 0.15) is 11.8 Å². The zero-order chi connectivity index (χ0) is 17.2. The molecule has 130 valence electrons. The van der Waals surface area contributed by atoms with E-state index in [0.29, 0.717) is 23.9 Å². The van der Waals surface area contributed by atoms with Crippen LogP contribution in [0, 0.1) is 11.3 Å². The molecule has 0 saturated heterocycles. The number of para-hydroxylation sites is 1. The number of hydrogen-bond acceptors (Lipinski definition) is 4. The van der Waals surface area contributed by atoms with Crippen LogP contribution in [0.1, 0.15) is 44.1 Å². The third kappa shape index (κ3) is 5.86. The molecule has 1 N–H and O–H groups in total. The van der Waals surface area contributed by atoms with Crippen LogP contribution in [0.5, 0.6) is 5.75 Å². The summed E-state index contributed by atoms with van der Waals surface area (Å²) in [5, 5.41) is 11.9. The average molecular weight is 329 g/mol. The van der Waals surface area contributed by atoms with Crippen LogP contribution in [-0.2, 0) is 4.79 Å². The number of benzene rings is 1. The first-order valence-electron chi connectivity index (χ1n) is 8.79. The van der Waals surface area contributed by atoms with Gasteiger partial charge in [0, 0.05) is 12.6 Å². The fourth-order valence-corrected chi connectivity index (χ4v) is 3.14. The van der Waals surface area contributed by atoms with Crippen LogP contribution in [0.3, 0.4) is 0 Å². The number of nitrogens with zero attached hydrogens (tertiary/aromatic N) is 2. The Labute approximate surface area is 144 Å². The van der Waals surface area contributed by atoms with Gasteiger partial charge >= 0.3 is 0 Å². The number of amides is 1. The van der Waals surface area contributed by atoms with E-state index in [2.05, 4.69) is 23.3 Å². The van der Waals surface area contributed by atoms with Crippen molar-refractivity contribution >= 4 is 5.91 Å². The number of nitrogens with one attached hydrogen (secondary N) is 1. The molecule has 1 saturated carbocycles. The minimum Gasteiger partial charge on any atom is -0.482 e. The van der Waals surface area contributed by atoms with Crippen molar-refractivity contribution in [1.29, 1.82) is 5.26 Å². The van der Waals surface area contributed by atoms with Gasteiger partial charge in [0.05, 0.1) is 5.56 Å². The van der Waals surface area contributed by atoms with Gasteiger partial charge < -0.3 is 15.0 Å². The summed E-state index contributed by atoms with van der Waals surface area (Å²) >= 11 is 0. The molecule has 5 heteroatoms. The van der Waals surface area contributed by atoms with Crippen molar-refractivity contribution in [2.24, 2.45) is 0 Å².